The maximum atomic E-state index is 13.1. The van der Waals surface area contributed by atoms with Gasteiger partial charge in [-0.1, -0.05) is 95.9 Å². The molecule has 3 aromatic heterocycles. The molecule has 8 N–H and O–H groups in total. The van der Waals surface area contributed by atoms with E-state index in [4.69, 9.17) is 15.2 Å². The van der Waals surface area contributed by atoms with Gasteiger partial charge in [-0.15, -0.1) is 0 Å². The number of ketones is 3. The molecule has 19 nitrogen and oxygen atoms in total. The molecule has 502 valence electrons. The molecule has 2 aliphatic heterocycles. The fourth-order valence-electron chi connectivity index (χ4n) is 15.7. The molecule has 0 bridgehead atoms. The molecule has 1 saturated carbocycles. The van der Waals surface area contributed by atoms with Crippen LogP contribution in [0.25, 0.3) is 32.7 Å². The van der Waals surface area contributed by atoms with Crippen LogP contribution in [0.3, 0.4) is 0 Å². The zero-order valence-electron chi connectivity index (χ0n) is 58.1. The fraction of sp³-hybridized carbons (Fsp3) is 0.568. The third-order valence-corrected chi connectivity index (χ3v) is 19.1. The summed E-state index contributed by atoms with van der Waals surface area (Å²) in [5.74, 6) is -0.749. The van der Waals surface area contributed by atoms with Crippen molar-refractivity contribution in [3.63, 3.8) is 0 Å². The Morgan fingerprint density at radius 3 is 1.16 bits per heavy atom. The predicted octanol–water partition coefficient (Wildman–Crippen LogP) is 14.2. The zero-order chi connectivity index (χ0) is 68.7. The first kappa shape index (κ1) is 69.5. The highest BCUT2D eigenvalue weighted by atomic mass is 16.6. The quantitative estimate of drug-likeness (QED) is 0.0849. The molecule has 6 aliphatic rings. The van der Waals surface area contributed by atoms with Gasteiger partial charge >= 0.3 is 18.2 Å². The van der Waals surface area contributed by atoms with Crippen LogP contribution in [0.1, 0.15) is 262 Å². The number of H-pyrrole nitrogens is 3. The number of nitrogens with zero attached hydrogens (tertiary/aromatic N) is 2. The number of nitrogens with one attached hydrogen (secondary N) is 5. The van der Waals surface area contributed by atoms with Crippen LogP contribution in [-0.2, 0) is 25.7 Å². The number of carboxylic acids is 1. The number of amides is 4. The molecule has 0 spiro atoms. The minimum absolute atomic E-state index is 0.00554. The Morgan fingerprint density at radius 1 is 0.484 bits per heavy atom. The van der Waals surface area contributed by atoms with Gasteiger partial charge in [-0.3, -0.25) is 24.0 Å². The number of hydrogen-bond donors (Lipinski definition) is 7. The molecule has 4 aliphatic carbocycles. The standard InChI is InChI=1S/C26H35N3O4.C22H28N2O2.C17H19NO3.C9H18N2O2/c1-24(2,3)33-23(32)29-11-10-16(13-29)27-22(31)15-8-9-18-17(12-15)19-20(28-18)21(30)26(6,7)14-25(19,4)5;1-21(2)12-22(3,4)19(25)18-17(21)15-11-13(9-10-16(15)24-18)20(26)23-14-7-5-6-8-14;1-16(2)8-17(3,4)14(19)13-12(16)10-7-9(15(20)21)5-6-11(10)18-13;1-9(2,3)13-8(12)11-5-4-7(10)6-11/h8-9,12,16,28H,10-11,13-14H2,1-7H3,(H,27,31);9-11,14,24H,5-8,12H2,1-4H3,(H,23,26);5-7,18H,8H2,1-4H3,(H,20,21);7H,4-6,10H2,1-3H3. The second-order valence-corrected chi connectivity index (χ2v) is 32.8. The fourth-order valence-corrected chi connectivity index (χ4v) is 15.7. The van der Waals surface area contributed by atoms with E-state index < -0.39 is 28.0 Å². The highest BCUT2D eigenvalue weighted by Gasteiger charge is 2.49. The summed E-state index contributed by atoms with van der Waals surface area (Å²) >= 11 is 0. The number of carbonyl (C=O) groups excluding carboxylic acids is 7. The number of benzene rings is 3. The number of aromatic amines is 3. The van der Waals surface area contributed by atoms with Crippen LogP contribution in [0.5, 0.6) is 0 Å². The van der Waals surface area contributed by atoms with Crippen LogP contribution in [0, 0.1) is 16.2 Å². The number of rotatable bonds is 5. The third-order valence-electron chi connectivity index (χ3n) is 19.1. The van der Waals surface area contributed by atoms with Gasteiger partial charge in [0.15, 0.2) is 17.3 Å². The monoisotopic (exact) mass is 1280 g/mol. The molecule has 12 rings (SSSR count). The normalized spacial score (nSPS) is 21.5. The first-order valence-corrected chi connectivity index (χ1v) is 33.1. The summed E-state index contributed by atoms with van der Waals surface area (Å²) in [6, 6.07) is 16.6. The Kier molecular flexibility index (Phi) is 18.6. The van der Waals surface area contributed by atoms with E-state index >= 15 is 0 Å². The average Bonchev–Trinajstić information content (AvgIpc) is 1.65. The van der Waals surface area contributed by atoms with E-state index in [-0.39, 0.29) is 80.7 Å². The van der Waals surface area contributed by atoms with E-state index in [2.05, 4.69) is 67.1 Å². The maximum absolute atomic E-state index is 13.1. The van der Waals surface area contributed by atoms with Crippen molar-refractivity contribution >= 4 is 80.0 Å². The van der Waals surface area contributed by atoms with Crippen molar-refractivity contribution < 1.29 is 52.9 Å². The van der Waals surface area contributed by atoms with Gasteiger partial charge in [-0.05, 0) is 174 Å². The first-order valence-electron chi connectivity index (χ1n) is 33.1. The van der Waals surface area contributed by atoms with E-state index in [0.717, 1.165) is 100 Å². The van der Waals surface area contributed by atoms with Crippen molar-refractivity contribution in [2.75, 3.05) is 26.2 Å². The summed E-state index contributed by atoms with van der Waals surface area (Å²) in [6.07, 6.45) is 7.79. The number of aromatic nitrogens is 3. The highest BCUT2D eigenvalue weighted by molar-refractivity contribution is 6.11. The third kappa shape index (κ3) is 14.8. The largest absolute Gasteiger partial charge is 0.478 e. The molecule has 2 saturated heterocycles. The van der Waals surface area contributed by atoms with Crippen molar-refractivity contribution in [2.45, 2.75) is 228 Å². The molecule has 19 heteroatoms. The lowest BCUT2D eigenvalue weighted by molar-refractivity contribution is 0.0281. The van der Waals surface area contributed by atoms with Crippen molar-refractivity contribution in [3.05, 3.63) is 105 Å². The molecular formula is C74H100N8O11. The predicted molar refractivity (Wildman–Crippen MR) is 363 cm³/mol. The minimum Gasteiger partial charge on any atom is -0.478 e. The molecular weight excluding hydrogens is 1180 g/mol. The van der Waals surface area contributed by atoms with Crippen LogP contribution in [0.15, 0.2) is 54.6 Å². The second-order valence-electron chi connectivity index (χ2n) is 32.8. The molecule has 6 aromatic rings. The Morgan fingerprint density at radius 2 is 0.817 bits per heavy atom. The Balaban J connectivity index is 0.000000153. The molecule has 4 amide bonds. The topological polar surface area (TPSA) is 279 Å². The zero-order valence-corrected chi connectivity index (χ0v) is 58.1. The Bertz CT molecular complexity index is 3960. The van der Waals surface area contributed by atoms with Crippen LogP contribution in [0.2, 0.25) is 0 Å². The summed E-state index contributed by atoms with van der Waals surface area (Å²) in [4.78, 5) is 112. The number of carboxylic acid groups (broad SMARTS) is 1. The summed E-state index contributed by atoms with van der Waals surface area (Å²) in [6.45, 7) is 38.3. The van der Waals surface area contributed by atoms with Crippen molar-refractivity contribution in [1.29, 1.82) is 0 Å². The van der Waals surface area contributed by atoms with Crippen molar-refractivity contribution in [3.8, 4) is 0 Å². The summed E-state index contributed by atoms with van der Waals surface area (Å²) in [5.41, 5.74) is 12.1. The van der Waals surface area contributed by atoms with E-state index in [1.807, 2.05) is 113 Å². The minimum atomic E-state index is -0.952. The van der Waals surface area contributed by atoms with E-state index in [9.17, 15) is 43.5 Å². The molecule has 3 aromatic carbocycles. The van der Waals surface area contributed by atoms with Crippen LogP contribution < -0.4 is 16.4 Å². The van der Waals surface area contributed by atoms with Gasteiger partial charge in [0.25, 0.3) is 11.8 Å². The van der Waals surface area contributed by atoms with Gasteiger partial charge in [-0.25, -0.2) is 14.4 Å². The van der Waals surface area contributed by atoms with Gasteiger partial charge in [0.2, 0.25) is 0 Å². The van der Waals surface area contributed by atoms with E-state index in [0.29, 0.717) is 54.6 Å². The van der Waals surface area contributed by atoms with Crippen LogP contribution in [-0.4, -0.2) is 133 Å². The highest BCUT2D eigenvalue weighted by Crippen LogP contribution is 2.51. The van der Waals surface area contributed by atoms with Gasteiger partial charge < -0.3 is 55.7 Å². The number of likely N-dealkylation sites (tertiary alicyclic amines) is 2. The van der Waals surface area contributed by atoms with Crippen LogP contribution in [0.4, 0.5) is 9.59 Å². The Labute approximate surface area is 547 Å². The summed E-state index contributed by atoms with van der Waals surface area (Å²) in [5, 5.41) is 18.2. The average molecular weight is 1280 g/mol. The lowest BCUT2D eigenvalue weighted by atomic mass is 9.63. The maximum Gasteiger partial charge on any atom is 0.410 e. The summed E-state index contributed by atoms with van der Waals surface area (Å²) in [7, 11) is 0. The molecule has 0 radical (unpaired) electrons. The van der Waals surface area contributed by atoms with Crippen molar-refractivity contribution in [2.24, 2.45) is 22.0 Å². The molecule has 93 heavy (non-hydrogen) atoms. The van der Waals surface area contributed by atoms with Gasteiger partial charge in [0.05, 0.1) is 22.6 Å². The smallest absolute Gasteiger partial charge is 0.410 e. The van der Waals surface area contributed by atoms with Crippen LogP contribution >= 0.6 is 0 Å². The lowest BCUT2D eigenvalue weighted by Gasteiger charge is -2.39. The summed E-state index contributed by atoms with van der Waals surface area (Å²) < 4.78 is 10.6. The molecule has 5 heterocycles. The van der Waals surface area contributed by atoms with E-state index in [1.165, 1.54) is 12.8 Å². The molecule has 3 fully saturated rings. The number of Topliss-reactive ketones (excluding diaryl/α,β-unsaturated/α-hetero) is 3. The molecule has 2 atom stereocenters. The van der Waals surface area contributed by atoms with Gasteiger partial charge in [0.1, 0.15) is 11.2 Å². The Hall–Kier alpha value is -7.80. The molecule has 2 unspecified atom stereocenters. The number of ether oxygens (including phenoxy) is 2. The number of aromatic carboxylic acids is 1. The first-order chi connectivity index (χ1) is 42.9. The van der Waals surface area contributed by atoms with E-state index in [1.54, 1.807) is 34.1 Å². The van der Waals surface area contributed by atoms with Gasteiger partial charge in [-0.2, -0.15) is 0 Å². The number of nitrogens with two attached hydrogens (primary N) is 1. The van der Waals surface area contributed by atoms with Crippen molar-refractivity contribution in [1.82, 2.24) is 35.4 Å². The lowest BCUT2D eigenvalue weighted by Crippen LogP contribution is -2.40. The number of fused-ring (bicyclic) bond motifs is 9. The second kappa shape index (κ2) is 24.8. The number of hydrogen-bond acceptors (Lipinski definition) is 11. The SMILES string of the molecule is CC(C)(C)OC(=O)N1CCC(N)C1.CC(C)(C)OC(=O)N1CCC(NC(=O)c2ccc3[nH]c4c(c3c2)C(C)(C)CC(C)(C)C4=O)C1.CC1(C)CC(C)(C)c2c([nH]c3ccc(C(=O)NC4CCCC4)cc23)C1=O.CC1(C)CC(C)(C)c2c([nH]c3ccc(C(=O)O)cc23)C1=O. The number of carbonyl (C=O) groups is 8. The van der Waals surface area contributed by atoms with Gasteiger partial charge in [0, 0.05) is 104 Å².